The molecule has 2 atom stereocenters. The summed E-state index contributed by atoms with van der Waals surface area (Å²) in [6.07, 6.45) is 2.94. The number of hydrogen-bond donors (Lipinski definition) is 3. The van der Waals surface area contributed by atoms with Crippen LogP contribution in [-0.4, -0.2) is 29.4 Å². The Morgan fingerprint density at radius 3 is 2.29 bits per heavy atom. The third-order valence-corrected chi connectivity index (χ3v) is 3.09. The van der Waals surface area contributed by atoms with Crippen molar-refractivity contribution in [3.63, 3.8) is 0 Å². The molecule has 0 aliphatic heterocycles. The molecule has 17 heavy (non-hydrogen) atoms. The molecule has 1 aliphatic carbocycles. The third-order valence-electron chi connectivity index (χ3n) is 3.09. The Morgan fingerprint density at radius 2 is 1.76 bits per heavy atom. The molecule has 4 N–H and O–H groups in total. The molecule has 0 saturated heterocycles. The smallest absolute Gasteiger partial charge is 0.307 e. The van der Waals surface area contributed by atoms with Crippen molar-refractivity contribution in [3.05, 3.63) is 0 Å². The number of hydrogen-bond acceptors (Lipinski definition) is 3. The Hall–Kier alpha value is -1.59. The van der Waals surface area contributed by atoms with Gasteiger partial charge in [-0.2, -0.15) is 0 Å². The van der Waals surface area contributed by atoms with Crippen molar-refractivity contribution in [2.45, 2.75) is 32.1 Å². The van der Waals surface area contributed by atoms with E-state index in [9.17, 15) is 14.4 Å². The zero-order chi connectivity index (χ0) is 12.8. The van der Waals surface area contributed by atoms with E-state index in [1.54, 1.807) is 0 Å². The van der Waals surface area contributed by atoms with Crippen LogP contribution >= 0.6 is 0 Å². The first kappa shape index (κ1) is 13.5. The maximum Gasteiger partial charge on any atom is 0.307 e. The number of nitrogens with one attached hydrogen (secondary N) is 1. The molecule has 0 heterocycles. The van der Waals surface area contributed by atoms with Gasteiger partial charge < -0.3 is 16.2 Å². The van der Waals surface area contributed by atoms with E-state index in [4.69, 9.17) is 10.8 Å². The largest absolute Gasteiger partial charge is 0.481 e. The number of nitrogens with two attached hydrogens (primary N) is 1. The van der Waals surface area contributed by atoms with Gasteiger partial charge in [-0.1, -0.05) is 12.8 Å². The van der Waals surface area contributed by atoms with Gasteiger partial charge in [-0.15, -0.1) is 0 Å². The van der Waals surface area contributed by atoms with Crippen molar-refractivity contribution in [2.75, 3.05) is 6.54 Å². The fourth-order valence-corrected chi connectivity index (χ4v) is 2.18. The van der Waals surface area contributed by atoms with Gasteiger partial charge in [-0.25, -0.2) is 0 Å². The minimum atomic E-state index is -0.917. The predicted molar refractivity (Wildman–Crippen MR) is 59.9 cm³/mol. The molecular formula is C11H18N2O4. The van der Waals surface area contributed by atoms with E-state index in [0.717, 1.165) is 12.8 Å². The molecule has 0 unspecified atom stereocenters. The monoisotopic (exact) mass is 242 g/mol. The molecule has 0 aromatic carbocycles. The lowest BCUT2D eigenvalue weighted by Crippen LogP contribution is -2.40. The second-order valence-corrected chi connectivity index (χ2v) is 4.34. The van der Waals surface area contributed by atoms with Crippen LogP contribution in [0.2, 0.25) is 0 Å². The first-order valence-corrected chi connectivity index (χ1v) is 5.81. The molecule has 1 saturated carbocycles. The fraction of sp³-hybridized carbons (Fsp3) is 0.727. The molecule has 0 aromatic rings. The maximum absolute atomic E-state index is 11.8. The van der Waals surface area contributed by atoms with Crippen LogP contribution in [-0.2, 0) is 14.4 Å². The molecule has 0 radical (unpaired) electrons. The lowest BCUT2D eigenvalue weighted by molar-refractivity contribution is -0.149. The molecule has 6 heteroatoms. The first-order chi connectivity index (χ1) is 8.02. The summed E-state index contributed by atoms with van der Waals surface area (Å²) in [5.74, 6) is -2.76. The molecule has 0 bridgehead atoms. The lowest BCUT2D eigenvalue weighted by atomic mass is 9.79. The van der Waals surface area contributed by atoms with Gasteiger partial charge in [0.15, 0.2) is 0 Å². The van der Waals surface area contributed by atoms with Gasteiger partial charge in [0.2, 0.25) is 11.8 Å². The van der Waals surface area contributed by atoms with Gasteiger partial charge in [-0.05, 0) is 12.8 Å². The molecule has 1 aliphatic rings. The highest BCUT2D eigenvalue weighted by Crippen LogP contribution is 2.30. The number of carboxylic acid groups (broad SMARTS) is 1. The summed E-state index contributed by atoms with van der Waals surface area (Å²) in [6, 6.07) is 0. The van der Waals surface area contributed by atoms with E-state index in [1.165, 1.54) is 0 Å². The average Bonchev–Trinajstić information content (AvgIpc) is 2.28. The number of carboxylic acids is 1. The van der Waals surface area contributed by atoms with Crippen LogP contribution in [0.3, 0.4) is 0 Å². The summed E-state index contributed by atoms with van der Waals surface area (Å²) in [6.45, 7) is 0.178. The van der Waals surface area contributed by atoms with Gasteiger partial charge in [0, 0.05) is 13.0 Å². The van der Waals surface area contributed by atoms with Crippen LogP contribution < -0.4 is 11.1 Å². The third kappa shape index (κ3) is 4.05. The zero-order valence-corrected chi connectivity index (χ0v) is 9.65. The first-order valence-electron chi connectivity index (χ1n) is 5.81. The van der Waals surface area contributed by atoms with Crippen LogP contribution in [0.5, 0.6) is 0 Å². The molecular weight excluding hydrogens is 224 g/mol. The number of amides is 2. The quantitative estimate of drug-likeness (QED) is 0.623. The molecule has 6 nitrogen and oxygen atoms in total. The number of carbonyl (C=O) groups excluding carboxylic acids is 2. The van der Waals surface area contributed by atoms with Crippen molar-refractivity contribution in [3.8, 4) is 0 Å². The number of rotatable bonds is 5. The number of aliphatic carboxylic acids is 1. The second-order valence-electron chi connectivity index (χ2n) is 4.34. The van der Waals surface area contributed by atoms with Crippen molar-refractivity contribution in [1.82, 2.24) is 5.32 Å². The molecule has 0 spiro atoms. The second kappa shape index (κ2) is 6.22. The minimum Gasteiger partial charge on any atom is -0.481 e. The fourth-order valence-electron chi connectivity index (χ4n) is 2.18. The van der Waals surface area contributed by atoms with Crippen molar-refractivity contribution >= 4 is 17.8 Å². The van der Waals surface area contributed by atoms with Gasteiger partial charge >= 0.3 is 5.97 Å². The highest BCUT2D eigenvalue weighted by Gasteiger charge is 2.35. The van der Waals surface area contributed by atoms with Crippen LogP contribution in [0.15, 0.2) is 0 Å². The predicted octanol–water partition coefficient (Wildman–Crippen LogP) is -0.131. The summed E-state index contributed by atoms with van der Waals surface area (Å²) < 4.78 is 0. The normalized spacial score (nSPS) is 24.0. The van der Waals surface area contributed by atoms with Gasteiger partial charge in [-0.3, -0.25) is 14.4 Å². The van der Waals surface area contributed by atoms with E-state index < -0.39 is 23.7 Å². The topological polar surface area (TPSA) is 109 Å². The van der Waals surface area contributed by atoms with Gasteiger partial charge in [0.05, 0.1) is 11.8 Å². The van der Waals surface area contributed by atoms with Crippen molar-refractivity contribution in [2.24, 2.45) is 17.6 Å². The average molecular weight is 242 g/mol. The van der Waals surface area contributed by atoms with E-state index in [0.29, 0.717) is 12.8 Å². The van der Waals surface area contributed by atoms with Crippen LogP contribution in [0, 0.1) is 11.8 Å². The Labute approximate surface area is 99.6 Å². The molecule has 1 fully saturated rings. The highest BCUT2D eigenvalue weighted by molar-refractivity contribution is 5.85. The van der Waals surface area contributed by atoms with Crippen molar-refractivity contribution in [1.29, 1.82) is 0 Å². The number of primary amides is 1. The minimum absolute atomic E-state index is 0.0796. The zero-order valence-electron chi connectivity index (χ0n) is 9.65. The van der Waals surface area contributed by atoms with E-state index >= 15 is 0 Å². The van der Waals surface area contributed by atoms with E-state index in [-0.39, 0.29) is 18.9 Å². The Bertz CT molecular complexity index is 317. The number of carbonyl (C=O) groups is 3. The Balaban J connectivity index is 2.47. The highest BCUT2D eigenvalue weighted by atomic mass is 16.4. The summed E-state index contributed by atoms with van der Waals surface area (Å²) in [7, 11) is 0. The summed E-state index contributed by atoms with van der Waals surface area (Å²) in [5, 5.41) is 11.6. The molecule has 0 aromatic heterocycles. The summed E-state index contributed by atoms with van der Waals surface area (Å²) in [5.41, 5.74) is 4.95. The lowest BCUT2D eigenvalue weighted by Gasteiger charge is -2.27. The molecule has 1 rings (SSSR count). The Kier molecular flexibility index (Phi) is 4.93. The van der Waals surface area contributed by atoms with Gasteiger partial charge in [0.25, 0.3) is 0 Å². The van der Waals surface area contributed by atoms with Crippen LogP contribution in [0.4, 0.5) is 0 Å². The summed E-state index contributed by atoms with van der Waals surface area (Å²) in [4.78, 5) is 33.3. The SMILES string of the molecule is NC(=O)CCNC(=O)[C@@H]1CCCC[C@@H]1C(=O)O. The van der Waals surface area contributed by atoms with Crippen molar-refractivity contribution < 1.29 is 19.5 Å². The van der Waals surface area contributed by atoms with E-state index in [2.05, 4.69) is 5.32 Å². The van der Waals surface area contributed by atoms with Crippen LogP contribution in [0.25, 0.3) is 0 Å². The molecule has 96 valence electrons. The maximum atomic E-state index is 11.8. The Morgan fingerprint density at radius 1 is 1.18 bits per heavy atom. The molecule has 2 amide bonds. The summed E-state index contributed by atoms with van der Waals surface area (Å²) >= 11 is 0. The standard InChI is InChI=1S/C11H18N2O4/c12-9(14)5-6-13-10(15)7-3-1-2-4-8(7)11(16)17/h7-8H,1-6H2,(H2,12,14)(H,13,15)(H,16,17)/t7-,8+/m1/s1. The van der Waals surface area contributed by atoms with E-state index in [1.807, 2.05) is 0 Å². The van der Waals surface area contributed by atoms with Crippen LogP contribution in [0.1, 0.15) is 32.1 Å². The van der Waals surface area contributed by atoms with Gasteiger partial charge in [0.1, 0.15) is 0 Å².